The molecule has 0 radical (unpaired) electrons. The van der Waals surface area contributed by atoms with Gasteiger partial charge in [0.25, 0.3) is 0 Å². The van der Waals surface area contributed by atoms with Crippen LogP contribution in [0.3, 0.4) is 0 Å². The van der Waals surface area contributed by atoms with Crippen molar-refractivity contribution in [1.29, 1.82) is 0 Å². The van der Waals surface area contributed by atoms with Crippen LogP contribution in [0, 0.1) is 5.82 Å². The Labute approximate surface area is 115 Å². The molecule has 1 N–H and O–H groups in total. The van der Waals surface area contributed by atoms with Gasteiger partial charge >= 0.3 is 0 Å². The highest BCUT2D eigenvalue weighted by Crippen LogP contribution is 2.19. The highest BCUT2D eigenvalue weighted by atomic mass is 19.1. The number of nitrogens with zero attached hydrogens (tertiary/aromatic N) is 1. The number of hydrogen-bond donors (Lipinski definition) is 1. The lowest BCUT2D eigenvalue weighted by molar-refractivity contribution is 0.0997. The van der Waals surface area contributed by atoms with Crippen LogP contribution in [0.2, 0.25) is 0 Å². The van der Waals surface area contributed by atoms with Crippen molar-refractivity contribution < 1.29 is 14.2 Å². The van der Waals surface area contributed by atoms with Crippen molar-refractivity contribution in [2.75, 3.05) is 32.8 Å². The summed E-state index contributed by atoms with van der Waals surface area (Å²) in [5.41, 5.74) is 0.378. The van der Waals surface area contributed by atoms with E-state index in [0.29, 0.717) is 18.6 Å². The molecule has 0 spiro atoms. The van der Waals surface area contributed by atoms with Crippen molar-refractivity contribution in [2.45, 2.75) is 26.4 Å². The van der Waals surface area contributed by atoms with Gasteiger partial charge in [0.1, 0.15) is 5.82 Å². The van der Waals surface area contributed by atoms with Crippen LogP contribution in [-0.2, 0) is 4.74 Å². The van der Waals surface area contributed by atoms with Crippen molar-refractivity contribution in [3.05, 3.63) is 35.6 Å². The fourth-order valence-corrected chi connectivity index (χ4v) is 1.97. The van der Waals surface area contributed by atoms with Gasteiger partial charge in [-0.05, 0) is 26.0 Å². The first kappa shape index (κ1) is 16.1. The van der Waals surface area contributed by atoms with Crippen molar-refractivity contribution in [2.24, 2.45) is 0 Å². The van der Waals surface area contributed by atoms with E-state index >= 15 is 0 Å². The molecule has 108 valence electrons. The maximum absolute atomic E-state index is 13.5. The van der Waals surface area contributed by atoms with E-state index in [9.17, 15) is 9.50 Å². The predicted octanol–water partition coefficient (Wildman–Crippen LogP) is 2.61. The molecule has 4 heteroatoms. The third kappa shape index (κ3) is 5.68. The van der Waals surface area contributed by atoms with Crippen LogP contribution >= 0.6 is 0 Å². The summed E-state index contributed by atoms with van der Waals surface area (Å²) in [6.07, 6.45) is -0.219. The van der Waals surface area contributed by atoms with E-state index in [1.807, 2.05) is 6.92 Å². The Balaban J connectivity index is 2.39. The second-order valence-electron chi connectivity index (χ2n) is 4.46. The average molecular weight is 269 g/mol. The van der Waals surface area contributed by atoms with Gasteiger partial charge in [0.2, 0.25) is 0 Å². The molecule has 1 rings (SSSR count). The van der Waals surface area contributed by atoms with E-state index in [2.05, 4.69) is 11.8 Å². The molecule has 3 nitrogen and oxygen atoms in total. The number of halogens is 1. The lowest BCUT2D eigenvalue weighted by Gasteiger charge is -2.22. The van der Waals surface area contributed by atoms with Crippen LogP contribution in [0.1, 0.15) is 31.9 Å². The molecule has 1 aromatic rings. The van der Waals surface area contributed by atoms with Crippen LogP contribution in [0.5, 0.6) is 0 Å². The molecule has 1 aromatic carbocycles. The number of benzene rings is 1. The standard InChI is InChI=1S/C15H24FNO2/c1-3-17(11-12-19-4-2)10-9-15(18)13-7-5-6-8-14(13)16/h5-8,15,18H,3-4,9-12H2,1-2H3. The minimum absolute atomic E-state index is 0.340. The molecule has 19 heavy (non-hydrogen) atoms. The van der Waals surface area contributed by atoms with Gasteiger partial charge in [-0.15, -0.1) is 0 Å². The molecular formula is C15H24FNO2. The van der Waals surface area contributed by atoms with Gasteiger partial charge in [-0.3, -0.25) is 0 Å². The summed E-state index contributed by atoms with van der Waals surface area (Å²) in [6, 6.07) is 6.39. The maximum atomic E-state index is 13.5. The monoisotopic (exact) mass is 269 g/mol. The number of rotatable bonds is 9. The molecule has 1 atom stereocenters. The van der Waals surface area contributed by atoms with Crippen LogP contribution in [0.4, 0.5) is 4.39 Å². The quantitative estimate of drug-likeness (QED) is 0.699. The summed E-state index contributed by atoms with van der Waals surface area (Å²) < 4.78 is 18.8. The van der Waals surface area contributed by atoms with E-state index in [1.165, 1.54) is 6.07 Å². The van der Waals surface area contributed by atoms with Crippen LogP contribution in [-0.4, -0.2) is 42.9 Å². The van der Waals surface area contributed by atoms with E-state index < -0.39 is 6.10 Å². The highest BCUT2D eigenvalue weighted by molar-refractivity contribution is 5.19. The van der Waals surface area contributed by atoms with Crippen molar-refractivity contribution in [3.63, 3.8) is 0 Å². The van der Waals surface area contributed by atoms with E-state index in [4.69, 9.17) is 4.74 Å². The Kier molecular flexibility index (Phi) is 7.63. The molecule has 0 fully saturated rings. The third-order valence-corrected chi connectivity index (χ3v) is 3.19. The van der Waals surface area contributed by atoms with Crippen LogP contribution < -0.4 is 0 Å². The summed E-state index contributed by atoms with van der Waals surface area (Å²) in [5.74, 6) is -0.340. The Morgan fingerprint density at radius 3 is 2.63 bits per heavy atom. The Morgan fingerprint density at radius 1 is 1.26 bits per heavy atom. The Morgan fingerprint density at radius 2 is 2.00 bits per heavy atom. The second kappa shape index (κ2) is 9.02. The minimum atomic E-state index is -0.748. The smallest absolute Gasteiger partial charge is 0.128 e. The highest BCUT2D eigenvalue weighted by Gasteiger charge is 2.13. The number of aliphatic hydroxyl groups is 1. The first-order chi connectivity index (χ1) is 9.19. The molecule has 0 aliphatic rings. The normalized spacial score (nSPS) is 12.9. The van der Waals surface area contributed by atoms with E-state index in [-0.39, 0.29) is 5.82 Å². The fourth-order valence-electron chi connectivity index (χ4n) is 1.97. The fraction of sp³-hybridized carbons (Fsp3) is 0.600. The van der Waals surface area contributed by atoms with Gasteiger partial charge in [0.05, 0.1) is 12.7 Å². The lowest BCUT2D eigenvalue weighted by atomic mass is 10.1. The molecule has 0 amide bonds. The predicted molar refractivity (Wildman–Crippen MR) is 74.6 cm³/mol. The van der Waals surface area contributed by atoms with Gasteiger partial charge in [0.15, 0.2) is 0 Å². The summed E-state index contributed by atoms with van der Waals surface area (Å²) >= 11 is 0. The molecule has 0 bridgehead atoms. The number of ether oxygens (including phenoxy) is 1. The minimum Gasteiger partial charge on any atom is -0.388 e. The maximum Gasteiger partial charge on any atom is 0.128 e. The topological polar surface area (TPSA) is 32.7 Å². The summed E-state index contributed by atoms with van der Waals surface area (Å²) in [7, 11) is 0. The largest absolute Gasteiger partial charge is 0.388 e. The van der Waals surface area contributed by atoms with Crippen LogP contribution in [0.25, 0.3) is 0 Å². The summed E-state index contributed by atoms with van der Waals surface area (Å²) in [5, 5.41) is 10.0. The Hall–Kier alpha value is -0.970. The molecule has 0 aliphatic carbocycles. The SMILES string of the molecule is CCOCCN(CC)CCC(O)c1ccccc1F. The van der Waals surface area contributed by atoms with Gasteiger partial charge in [-0.25, -0.2) is 4.39 Å². The first-order valence-corrected chi connectivity index (χ1v) is 6.91. The van der Waals surface area contributed by atoms with Gasteiger partial charge in [-0.1, -0.05) is 25.1 Å². The van der Waals surface area contributed by atoms with Gasteiger partial charge < -0.3 is 14.7 Å². The zero-order chi connectivity index (χ0) is 14.1. The molecular weight excluding hydrogens is 245 g/mol. The van der Waals surface area contributed by atoms with E-state index in [1.54, 1.807) is 18.2 Å². The zero-order valence-corrected chi connectivity index (χ0v) is 11.8. The number of aliphatic hydroxyl groups excluding tert-OH is 1. The second-order valence-corrected chi connectivity index (χ2v) is 4.46. The zero-order valence-electron chi connectivity index (χ0n) is 11.8. The molecule has 0 aromatic heterocycles. The average Bonchev–Trinajstić information content (AvgIpc) is 2.43. The van der Waals surface area contributed by atoms with E-state index in [0.717, 1.165) is 26.2 Å². The first-order valence-electron chi connectivity index (χ1n) is 6.91. The van der Waals surface area contributed by atoms with Crippen molar-refractivity contribution in [3.8, 4) is 0 Å². The third-order valence-electron chi connectivity index (χ3n) is 3.19. The Bertz CT molecular complexity index is 360. The number of likely N-dealkylation sites (N-methyl/N-ethyl adjacent to an activating group) is 1. The van der Waals surface area contributed by atoms with Crippen LogP contribution in [0.15, 0.2) is 24.3 Å². The van der Waals surface area contributed by atoms with Crippen molar-refractivity contribution >= 4 is 0 Å². The lowest BCUT2D eigenvalue weighted by Crippen LogP contribution is -2.29. The van der Waals surface area contributed by atoms with Gasteiger partial charge in [0, 0.05) is 25.3 Å². The molecule has 1 unspecified atom stereocenters. The van der Waals surface area contributed by atoms with Crippen molar-refractivity contribution in [1.82, 2.24) is 4.90 Å². The molecule has 0 heterocycles. The summed E-state index contributed by atoms with van der Waals surface area (Å²) in [4.78, 5) is 2.19. The summed E-state index contributed by atoms with van der Waals surface area (Å²) in [6.45, 7) is 7.93. The number of hydrogen-bond acceptors (Lipinski definition) is 3. The van der Waals surface area contributed by atoms with Gasteiger partial charge in [-0.2, -0.15) is 0 Å². The molecule has 0 saturated heterocycles. The molecule has 0 aliphatic heterocycles. The molecule has 0 saturated carbocycles.